The fraction of sp³-hybridized carbons (Fsp3) is 0.182. The molecule has 0 bridgehead atoms. The van der Waals surface area contributed by atoms with Crippen LogP contribution in [0.1, 0.15) is 22.3 Å². The maximum atomic E-state index is 13.8. The molecule has 0 aromatic heterocycles. The van der Waals surface area contributed by atoms with Gasteiger partial charge >= 0.3 is 0 Å². The smallest absolute Gasteiger partial charge is 0.129 e. The molecule has 4 heteroatoms. The van der Waals surface area contributed by atoms with Gasteiger partial charge in [0.1, 0.15) is 18.2 Å². The Morgan fingerprint density at radius 1 is 0.962 bits per heavy atom. The molecule has 3 aromatic carbocycles. The van der Waals surface area contributed by atoms with Crippen LogP contribution in [-0.4, -0.2) is 0 Å². The summed E-state index contributed by atoms with van der Waals surface area (Å²) in [6.45, 7) is 5.03. The van der Waals surface area contributed by atoms with Crippen molar-refractivity contribution in [2.45, 2.75) is 27.0 Å². The van der Waals surface area contributed by atoms with E-state index < -0.39 is 0 Å². The summed E-state index contributed by atoms with van der Waals surface area (Å²) >= 11 is 3.51. The molecule has 26 heavy (non-hydrogen) atoms. The van der Waals surface area contributed by atoms with Crippen molar-refractivity contribution in [1.82, 2.24) is 0 Å². The van der Waals surface area contributed by atoms with E-state index in [4.69, 9.17) is 4.74 Å². The second kappa shape index (κ2) is 8.37. The molecule has 0 atom stereocenters. The lowest BCUT2D eigenvalue weighted by atomic mass is 10.1. The molecule has 0 spiro atoms. The Hall–Kier alpha value is -2.33. The molecule has 0 heterocycles. The number of hydrogen-bond donors (Lipinski definition) is 1. The van der Waals surface area contributed by atoms with E-state index in [0.717, 1.165) is 21.5 Å². The summed E-state index contributed by atoms with van der Waals surface area (Å²) in [6, 6.07) is 18.7. The highest BCUT2D eigenvalue weighted by Gasteiger charge is 2.08. The lowest BCUT2D eigenvalue weighted by Crippen LogP contribution is -2.05. The number of aryl methyl sites for hydroxylation is 1. The Morgan fingerprint density at radius 3 is 2.58 bits per heavy atom. The highest BCUT2D eigenvalue weighted by atomic mass is 79.9. The van der Waals surface area contributed by atoms with E-state index in [9.17, 15) is 4.39 Å². The van der Waals surface area contributed by atoms with Gasteiger partial charge in [-0.15, -0.1) is 0 Å². The summed E-state index contributed by atoms with van der Waals surface area (Å²) in [5, 5.41) is 3.47. The second-order valence-corrected chi connectivity index (χ2v) is 7.15. The van der Waals surface area contributed by atoms with Gasteiger partial charge in [0, 0.05) is 27.8 Å². The molecule has 0 saturated heterocycles. The van der Waals surface area contributed by atoms with Crippen molar-refractivity contribution in [3.63, 3.8) is 0 Å². The minimum absolute atomic E-state index is 0.199. The van der Waals surface area contributed by atoms with Gasteiger partial charge in [0.2, 0.25) is 0 Å². The third-order valence-electron chi connectivity index (χ3n) is 4.44. The second-order valence-electron chi connectivity index (χ2n) is 6.23. The predicted molar refractivity (Wildman–Crippen MR) is 108 cm³/mol. The zero-order chi connectivity index (χ0) is 18.5. The van der Waals surface area contributed by atoms with Crippen LogP contribution in [0, 0.1) is 19.7 Å². The number of nitrogens with one attached hydrogen (secondary N) is 1. The van der Waals surface area contributed by atoms with Crippen LogP contribution in [0.15, 0.2) is 65.1 Å². The molecular weight excluding hydrogens is 393 g/mol. The van der Waals surface area contributed by atoms with Crippen LogP contribution in [0.5, 0.6) is 5.75 Å². The Balaban J connectivity index is 1.75. The van der Waals surface area contributed by atoms with E-state index in [-0.39, 0.29) is 12.4 Å². The van der Waals surface area contributed by atoms with Crippen LogP contribution in [0.3, 0.4) is 0 Å². The average molecular weight is 414 g/mol. The van der Waals surface area contributed by atoms with Gasteiger partial charge in [-0.2, -0.15) is 0 Å². The third kappa shape index (κ3) is 4.44. The summed E-state index contributed by atoms with van der Waals surface area (Å²) in [7, 11) is 0. The molecule has 0 aliphatic rings. The quantitative estimate of drug-likeness (QED) is 0.504. The third-order valence-corrected chi connectivity index (χ3v) is 4.93. The van der Waals surface area contributed by atoms with Gasteiger partial charge in [0.25, 0.3) is 0 Å². The molecular formula is C22H21BrFNO. The van der Waals surface area contributed by atoms with Gasteiger partial charge in [-0.25, -0.2) is 4.39 Å². The molecule has 0 radical (unpaired) electrons. The van der Waals surface area contributed by atoms with Crippen LogP contribution < -0.4 is 10.1 Å². The van der Waals surface area contributed by atoms with Gasteiger partial charge in [-0.05, 0) is 55.3 Å². The molecule has 1 N–H and O–H groups in total. The number of hydrogen-bond acceptors (Lipinski definition) is 2. The van der Waals surface area contributed by atoms with Crippen LogP contribution in [0.2, 0.25) is 0 Å². The van der Waals surface area contributed by atoms with E-state index in [2.05, 4.69) is 47.2 Å². The van der Waals surface area contributed by atoms with Gasteiger partial charge < -0.3 is 10.1 Å². The Morgan fingerprint density at radius 2 is 1.77 bits per heavy atom. The van der Waals surface area contributed by atoms with Crippen molar-refractivity contribution in [3.05, 3.63) is 93.2 Å². The van der Waals surface area contributed by atoms with Crippen molar-refractivity contribution in [2.75, 3.05) is 5.32 Å². The standard InChI is InChI=1S/C22H21BrFNO/c1-15-6-5-9-21(16(15)2)25-13-18-12-19(23)10-11-22(18)26-14-17-7-3-4-8-20(17)24/h3-12,25H,13-14H2,1-2H3. The van der Waals surface area contributed by atoms with E-state index in [1.807, 2.05) is 30.3 Å². The highest BCUT2D eigenvalue weighted by molar-refractivity contribution is 9.10. The first-order chi connectivity index (χ1) is 12.5. The molecule has 0 aliphatic carbocycles. The monoisotopic (exact) mass is 413 g/mol. The van der Waals surface area contributed by atoms with Gasteiger partial charge in [-0.3, -0.25) is 0 Å². The molecule has 3 rings (SSSR count). The minimum atomic E-state index is -0.250. The molecule has 0 fully saturated rings. The maximum Gasteiger partial charge on any atom is 0.129 e. The van der Waals surface area contributed by atoms with E-state index in [1.165, 1.54) is 17.2 Å². The fourth-order valence-electron chi connectivity index (χ4n) is 2.73. The molecule has 0 aliphatic heterocycles. The summed E-state index contributed by atoms with van der Waals surface area (Å²) in [5.41, 5.74) is 5.14. The van der Waals surface area contributed by atoms with Crippen molar-refractivity contribution >= 4 is 21.6 Å². The summed E-state index contributed by atoms with van der Waals surface area (Å²) in [6.07, 6.45) is 0. The zero-order valence-electron chi connectivity index (χ0n) is 14.9. The molecule has 3 aromatic rings. The lowest BCUT2D eigenvalue weighted by molar-refractivity contribution is 0.297. The molecule has 134 valence electrons. The first-order valence-corrected chi connectivity index (χ1v) is 9.28. The zero-order valence-corrected chi connectivity index (χ0v) is 16.4. The summed E-state index contributed by atoms with van der Waals surface area (Å²) in [5.74, 6) is 0.494. The van der Waals surface area contributed by atoms with Crippen LogP contribution >= 0.6 is 15.9 Å². The van der Waals surface area contributed by atoms with Crippen molar-refractivity contribution in [3.8, 4) is 5.75 Å². The van der Waals surface area contributed by atoms with Crippen molar-refractivity contribution in [2.24, 2.45) is 0 Å². The topological polar surface area (TPSA) is 21.3 Å². The average Bonchev–Trinajstić information content (AvgIpc) is 2.63. The van der Waals surface area contributed by atoms with Gasteiger partial charge in [0.05, 0.1) is 0 Å². The predicted octanol–water partition coefficient (Wildman–Crippen LogP) is 6.40. The molecule has 0 saturated carbocycles. The van der Waals surface area contributed by atoms with Crippen LogP contribution in [0.4, 0.5) is 10.1 Å². The SMILES string of the molecule is Cc1cccc(NCc2cc(Br)ccc2OCc2ccccc2F)c1C. The van der Waals surface area contributed by atoms with E-state index in [0.29, 0.717) is 12.1 Å². The normalized spacial score (nSPS) is 10.6. The summed E-state index contributed by atoms with van der Waals surface area (Å²) in [4.78, 5) is 0. The van der Waals surface area contributed by atoms with E-state index >= 15 is 0 Å². The molecule has 0 unspecified atom stereocenters. The molecule has 0 amide bonds. The first kappa shape index (κ1) is 18.5. The van der Waals surface area contributed by atoms with E-state index in [1.54, 1.807) is 12.1 Å². The number of halogens is 2. The highest BCUT2D eigenvalue weighted by Crippen LogP contribution is 2.26. The number of ether oxygens (including phenoxy) is 1. The Kier molecular flexibility index (Phi) is 5.94. The number of rotatable bonds is 6. The van der Waals surface area contributed by atoms with Crippen LogP contribution in [0.25, 0.3) is 0 Å². The Labute approximate surface area is 162 Å². The lowest BCUT2D eigenvalue weighted by Gasteiger charge is -2.15. The minimum Gasteiger partial charge on any atom is -0.488 e. The first-order valence-electron chi connectivity index (χ1n) is 8.49. The van der Waals surface area contributed by atoms with Crippen molar-refractivity contribution < 1.29 is 9.13 Å². The fourth-order valence-corrected chi connectivity index (χ4v) is 3.14. The van der Waals surface area contributed by atoms with Gasteiger partial charge in [-0.1, -0.05) is 46.3 Å². The van der Waals surface area contributed by atoms with Gasteiger partial charge in [0.15, 0.2) is 0 Å². The van der Waals surface area contributed by atoms with Crippen molar-refractivity contribution in [1.29, 1.82) is 0 Å². The number of anilines is 1. The maximum absolute atomic E-state index is 13.8. The Bertz CT molecular complexity index is 910. The molecule has 2 nitrogen and oxygen atoms in total. The number of benzene rings is 3. The largest absolute Gasteiger partial charge is 0.488 e. The summed E-state index contributed by atoms with van der Waals surface area (Å²) < 4.78 is 20.7. The van der Waals surface area contributed by atoms with Crippen LogP contribution in [-0.2, 0) is 13.2 Å².